The molecule has 0 aromatic heterocycles. The molecule has 0 aliphatic carbocycles. The van der Waals surface area contributed by atoms with Crippen molar-refractivity contribution in [1.29, 1.82) is 0 Å². The van der Waals surface area contributed by atoms with Crippen molar-refractivity contribution in [2.24, 2.45) is 5.73 Å². The number of nitrogens with two attached hydrogens (primary N) is 1. The van der Waals surface area contributed by atoms with Crippen molar-refractivity contribution in [2.75, 3.05) is 40.5 Å². The molecule has 118 valence electrons. The Morgan fingerprint density at radius 1 is 1.38 bits per heavy atom. The number of nitrogens with zero attached hydrogens (tertiary/aromatic N) is 1. The molecule has 5 nitrogen and oxygen atoms in total. The third-order valence-corrected chi connectivity index (χ3v) is 4.32. The first kappa shape index (κ1) is 16.4. The zero-order chi connectivity index (χ0) is 15.4. The van der Waals surface area contributed by atoms with Gasteiger partial charge in [0.1, 0.15) is 0 Å². The van der Waals surface area contributed by atoms with Crippen LogP contribution in [0.1, 0.15) is 18.5 Å². The summed E-state index contributed by atoms with van der Waals surface area (Å²) in [7, 11) is 3.18. The van der Waals surface area contributed by atoms with Crippen LogP contribution in [0.4, 0.5) is 0 Å². The maximum Gasteiger partial charge on any atom is 0.179 e. The fourth-order valence-electron chi connectivity index (χ4n) is 2.87. The van der Waals surface area contributed by atoms with Crippen molar-refractivity contribution in [3.8, 4) is 11.5 Å². The number of ether oxygens (including phenoxy) is 3. The van der Waals surface area contributed by atoms with Gasteiger partial charge >= 0.3 is 0 Å². The molecule has 1 aromatic rings. The Balaban J connectivity index is 2.46. The number of morpholine rings is 1. The number of likely N-dealkylation sites (N-methyl/N-ethyl adjacent to an activating group) is 1. The Morgan fingerprint density at radius 3 is 2.71 bits per heavy atom. The van der Waals surface area contributed by atoms with Gasteiger partial charge in [0.2, 0.25) is 0 Å². The summed E-state index contributed by atoms with van der Waals surface area (Å²) in [5.74, 6) is 1.17. The third-order valence-electron chi connectivity index (χ3n) is 3.93. The highest BCUT2D eigenvalue weighted by Crippen LogP contribution is 2.42. The predicted molar refractivity (Wildman–Crippen MR) is 83.3 cm³/mol. The summed E-state index contributed by atoms with van der Waals surface area (Å²) in [6.45, 7) is 5.04. The molecule has 0 radical (unpaired) electrons. The van der Waals surface area contributed by atoms with E-state index in [1.54, 1.807) is 14.2 Å². The summed E-state index contributed by atoms with van der Waals surface area (Å²) in [4.78, 5) is 2.33. The van der Waals surface area contributed by atoms with Crippen LogP contribution >= 0.6 is 11.6 Å². The van der Waals surface area contributed by atoms with Crippen LogP contribution in [0.3, 0.4) is 0 Å². The van der Waals surface area contributed by atoms with Crippen molar-refractivity contribution >= 4 is 11.6 Å². The van der Waals surface area contributed by atoms with E-state index in [9.17, 15) is 0 Å². The second kappa shape index (κ2) is 7.31. The van der Waals surface area contributed by atoms with E-state index < -0.39 is 0 Å². The quantitative estimate of drug-likeness (QED) is 0.901. The minimum absolute atomic E-state index is 0.0288. The van der Waals surface area contributed by atoms with Crippen molar-refractivity contribution in [1.82, 2.24) is 4.90 Å². The molecule has 1 aromatic carbocycles. The van der Waals surface area contributed by atoms with E-state index in [1.807, 2.05) is 12.1 Å². The summed E-state index contributed by atoms with van der Waals surface area (Å²) < 4.78 is 16.5. The Labute approximate surface area is 130 Å². The lowest BCUT2D eigenvalue weighted by Crippen LogP contribution is -2.48. The first-order chi connectivity index (χ1) is 10.2. The molecule has 2 atom stereocenters. The van der Waals surface area contributed by atoms with Crippen LogP contribution < -0.4 is 15.2 Å². The largest absolute Gasteiger partial charge is 0.493 e. The van der Waals surface area contributed by atoms with Gasteiger partial charge in [0.25, 0.3) is 0 Å². The maximum absolute atomic E-state index is 6.54. The lowest BCUT2D eigenvalue weighted by molar-refractivity contribution is -0.0658. The molecule has 0 saturated carbocycles. The molecule has 0 bridgehead atoms. The lowest BCUT2D eigenvalue weighted by atomic mass is 9.97. The molecule has 1 fully saturated rings. The van der Waals surface area contributed by atoms with Crippen molar-refractivity contribution in [3.05, 3.63) is 22.7 Å². The zero-order valence-electron chi connectivity index (χ0n) is 12.8. The molecule has 0 spiro atoms. The second-order valence-corrected chi connectivity index (χ2v) is 5.30. The molecule has 6 heteroatoms. The smallest absolute Gasteiger partial charge is 0.179 e. The van der Waals surface area contributed by atoms with Crippen LogP contribution in [0.2, 0.25) is 5.02 Å². The molecular weight excluding hydrogens is 292 g/mol. The zero-order valence-corrected chi connectivity index (χ0v) is 13.5. The Kier molecular flexibility index (Phi) is 5.70. The van der Waals surface area contributed by atoms with Crippen molar-refractivity contribution in [3.63, 3.8) is 0 Å². The summed E-state index contributed by atoms with van der Waals surface area (Å²) in [6.07, 6.45) is -0.0747. The van der Waals surface area contributed by atoms with Crippen LogP contribution in [-0.4, -0.2) is 51.5 Å². The van der Waals surface area contributed by atoms with Gasteiger partial charge in [0, 0.05) is 13.1 Å². The predicted octanol–water partition coefficient (Wildman–Crippen LogP) is 2.08. The first-order valence-corrected chi connectivity index (χ1v) is 7.51. The Morgan fingerprint density at radius 2 is 2.14 bits per heavy atom. The summed E-state index contributed by atoms with van der Waals surface area (Å²) in [5.41, 5.74) is 6.84. The minimum atomic E-state index is -0.0747. The van der Waals surface area contributed by atoms with Crippen LogP contribution in [0.5, 0.6) is 11.5 Å². The molecule has 2 N–H and O–H groups in total. The number of benzene rings is 1. The molecule has 1 heterocycles. The number of methoxy groups -OCH3 is 2. The van der Waals surface area contributed by atoms with Crippen LogP contribution in [0.25, 0.3) is 0 Å². The van der Waals surface area contributed by atoms with Gasteiger partial charge in [-0.1, -0.05) is 24.6 Å². The van der Waals surface area contributed by atoms with E-state index in [0.29, 0.717) is 29.7 Å². The summed E-state index contributed by atoms with van der Waals surface area (Å²) >= 11 is 6.54. The summed E-state index contributed by atoms with van der Waals surface area (Å²) in [6, 6.07) is 3.87. The fraction of sp³-hybridized carbons (Fsp3) is 0.600. The van der Waals surface area contributed by atoms with E-state index in [1.165, 1.54) is 0 Å². The average molecular weight is 315 g/mol. The van der Waals surface area contributed by atoms with Gasteiger partial charge in [-0.2, -0.15) is 0 Å². The minimum Gasteiger partial charge on any atom is -0.493 e. The molecule has 2 unspecified atom stereocenters. The van der Waals surface area contributed by atoms with E-state index in [4.69, 9.17) is 31.5 Å². The maximum atomic E-state index is 6.54. The lowest BCUT2D eigenvalue weighted by Gasteiger charge is -2.41. The van der Waals surface area contributed by atoms with E-state index in [0.717, 1.165) is 18.7 Å². The highest BCUT2D eigenvalue weighted by Gasteiger charge is 2.34. The van der Waals surface area contributed by atoms with Gasteiger partial charge in [0.05, 0.1) is 38.0 Å². The van der Waals surface area contributed by atoms with Gasteiger partial charge in [0.15, 0.2) is 11.5 Å². The number of rotatable bonds is 5. The highest BCUT2D eigenvalue weighted by atomic mass is 35.5. The standard InChI is InChI=1S/C15H23ClN2O3/c1-4-18-7-8-21-12(9-17)14(18)10-5-6-11(19-2)15(20-3)13(10)16/h5-6,12,14H,4,7-9,17H2,1-3H3. The highest BCUT2D eigenvalue weighted by molar-refractivity contribution is 6.33. The van der Waals surface area contributed by atoms with Crippen molar-refractivity contribution < 1.29 is 14.2 Å². The molecule has 1 aliphatic heterocycles. The molecule has 2 rings (SSSR count). The topological polar surface area (TPSA) is 57.0 Å². The number of hydrogen-bond donors (Lipinski definition) is 1. The van der Waals surface area contributed by atoms with Crippen LogP contribution in [0, 0.1) is 0 Å². The van der Waals surface area contributed by atoms with Gasteiger partial charge in [-0.15, -0.1) is 0 Å². The second-order valence-electron chi connectivity index (χ2n) is 4.92. The normalized spacial score (nSPS) is 23.1. The Hall–Kier alpha value is -1.01. The molecule has 21 heavy (non-hydrogen) atoms. The number of hydrogen-bond acceptors (Lipinski definition) is 5. The van der Waals surface area contributed by atoms with Gasteiger partial charge in [-0.05, 0) is 18.2 Å². The van der Waals surface area contributed by atoms with Crippen LogP contribution in [-0.2, 0) is 4.74 Å². The monoisotopic (exact) mass is 314 g/mol. The molecular formula is C15H23ClN2O3. The van der Waals surface area contributed by atoms with E-state index >= 15 is 0 Å². The number of halogens is 1. The van der Waals surface area contributed by atoms with Gasteiger partial charge < -0.3 is 19.9 Å². The molecule has 0 amide bonds. The van der Waals surface area contributed by atoms with E-state index in [2.05, 4.69) is 11.8 Å². The summed E-state index contributed by atoms with van der Waals surface area (Å²) in [5, 5.41) is 0.559. The first-order valence-electron chi connectivity index (χ1n) is 7.14. The van der Waals surface area contributed by atoms with Gasteiger partial charge in [-0.25, -0.2) is 0 Å². The average Bonchev–Trinajstić information content (AvgIpc) is 2.53. The van der Waals surface area contributed by atoms with Crippen LogP contribution in [0.15, 0.2) is 12.1 Å². The van der Waals surface area contributed by atoms with E-state index in [-0.39, 0.29) is 12.1 Å². The Bertz CT molecular complexity index is 472. The third kappa shape index (κ3) is 3.11. The fourth-order valence-corrected chi connectivity index (χ4v) is 3.21. The molecule has 1 aliphatic rings. The molecule has 1 saturated heterocycles. The van der Waals surface area contributed by atoms with Crippen molar-refractivity contribution in [2.45, 2.75) is 19.1 Å². The SMILES string of the molecule is CCN1CCOC(CN)C1c1ccc(OC)c(OC)c1Cl. The van der Waals surface area contributed by atoms with Gasteiger partial charge in [-0.3, -0.25) is 4.90 Å².